The summed E-state index contributed by atoms with van der Waals surface area (Å²) in [7, 11) is 0. The summed E-state index contributed by atoms with van der Waals surface area (Å²) in [6.45, 7) is 2.42. The molecule has 1 unspecified atom stereocenters. The van der Waals surface area contributed by atoms with Crippen molar-refractivity contribution in [3.05, 3.63) is 30.1 Å². The van der Waals surface area contributed by atoms with Crippen LogP contribution in [0.2, 0.25) is 0 Å². The highest BCUT2D eigenvalue weighted by molar-refractivity contribution is 8.00. The molecule has 15 heavy (non-hydrogen) atoms. The summed E-state index contributed by atoms with van der Waals surface area (Å²) in [5.41, 5.74) is 6.35. The molecule has 0 aliphatic carbocycles. The van der Waals surface area contributed by atoms with Gasteiger partial charge in [-0.2, -0.15) is 11.8 Å². The fraction of sp³-hybridized carbons (Fsp3) is 0.455. The number of hydrogen-bond donors (Lipinski definition) is 1. The molecule has 0 radical (unpaired) electrons. The summed E-state index contributed by atoms with van der Waals surface area (Å²) in [5, 5.41) is 0.429. The van der Waals surface area contributed by atoms with Crippen LogP contribution in [0.15, 0.2) is 24.3 Å². The highest BCUT2D eigenvalue weighted by atomic mass is 32.2. The minimum Gasteiger partial charge on any atom is -0.367 e. The zero-order valence-electron chi connectivity index (χ0n) is 8.53. The lowest BCUT2D eigenvalue weighted by Gasteiger charge is -2.33. The van der Waals surface area contributed by atoms with E-state index in [9.17, 15) is 4.39 Å². The van der Waals surface area contributed by atoms with E-state index in [1.54, 1.807) is 6.07 Å². The molecule has 2 N–H and O–H groups in total. The Labute approximate surface area is 93.6 Å². The molecule has 0 spiro atoms. The Bertz CT molecular complexity index is 332. The second kappa shape index (κ2) is 4.86. The van der Waals surface area contributed by atoms with Gasteiger partial charge >= 0.3 is 0 Å². The molecule has 1 aromatic carbocycles. The van der Waals surface area contributed by atoms with Crippen LogP contribution in [-0.2, 0) is 0 Å². The number of nitrogens with two attached hydrogens (primary N) is 1. The molecule has 1 heterocycles. The third kappa shape index (κ3) is 2.44. The first-order chi connectivity index (χ1) is 7.31. The van der Waals surface area contributed by atoms with Crippen LogP contribution >= 0.6 is 11.8 Å². The lowest BCUT2D eigenvalue weighted by molar-refractivity contribution is 0.615. The molecule has 2 rings (SSSR count). The van der Waals surface area contributed by atoms with E-state index in [2.05, 4.69) is 4.90 Å². The molecule has 0 saturated carbocycles. The van der Waals surface area contributed by atoms with Gasteiger partial charge in [-0.3, -0.25) is 0 Å². The standard InChI is InChI=1S/C11H15FN2S/c12-10-3-1-2-4-11(10)14-5-6-15-9(7-13)8-14/h1-4,9H,5-8,13H2. The fourth-order valence-electron chi connectivity index (χ4n) is 1.79. The van der Waals surface area contributed by atoms with Crippen LogP contribution in [0.5, 0.6) is 0 Å². The highest BCUT2D eigenvalue weighted by Gasteiger charge is 2.20. The van der Waals surface area contributed by atoms with Crippen LogP contribution < -0.4 is 10.6 Å². The number of hydrogen-bond acceptors (Lipinski definition) is 3. The minimum atomic E-state index is -0.139. The molecule has 0 bridgehead atoms. The molecule has 0 aromatic heterocycles. The quantitative estimate of drug-likeness (QED) is 0.832. The third-order valence-corrected chi connectivity index (χ3v) is 3.83. The summed E-state index contributed by atoms with van der Waals surface area (Å²) in [4.78, 5) is 2.09. The van der Waals surface area contributed by atoms with Crippen LogP contribution in [0.1, 0.15) is 0 Å². The van der Waals surface area contributed by atoms with Gasteiger partial charge in [-0.25, -0.2) is 4.39 Å². The Hall–Kier alpha value is -0.740. The van der Waals surface area contributed by atoms with E-state index in [0.717, 1.165) is 18.8 Å². The van der Waals surface area contributed by atoms with Gasteiger partial charge in [-0.15, -0.1) is 0 Å². The molecule has 1 atom stereocenters. The van der Waals surface area contributed by atoms with Gasteiger partial charge in [-0.05, 0) is 12.1 Å². The number of rotatable bonds is 2. The van der Waals surface area contributed by atoms with E-state index in [4.69, 9.17) is 5.73 Å². The zero-order chi connectivity index (χ0) is 10.7. The third-order valence-electron chi connectivity index (χ3n) is 2.59. The van der Waals surface area contributed by atoms with E-state index < -0.39 is 0 Å². The number of anilines is 1. The molecular weight excluding hydrogens is 211 g/mol. The van der Waals surface area contributed by atoms with Gasteiger partial charge in [0.2, 0.25) is 0 Å². The van der Waals surface area contributed by atoms with E-state index >= 15 is 0 Å². The average Bonchev–Trinajstić information content (AvgIpc) is 2.30. The second-order valence-electron chi connectivity index (χ2n) is 3.63. The molecular formula is C11H15FN2S. The maximum Gasteiger partial charge on any atom is 0.146 e. The first kappa shape index (κ1) is 10.8. The summed E-state index contributed by atoms with van der Waals surface area (Å²) in [6.07, 6.45) is 0. The molecule has 1 aromatic rings. The Balaban J connectivity index is 2.13. The predicted octanol–water partition coefficient (Wildman–Crippen LogP) is 1.71. The maximum atomic E-state index is 13.5. The Kier molecular flexibility index (Phi) is 3.49. The van der Waals surface area contributed by atoms with Crippen molar-refractivity contribution >= 4 is 17.4 Å². The first-order valence-corrected chi connectivity index (χ1v) is 6.17. The summed E-state index contributed by atoms with van der Waals surface area (Å²) in [5.74, 6) is 0.885. The van der Waals surface area contributed by atoms with Crippen molar-refractivity contribution in [2.24, 2.45) is 5.73 Å². The van der Waals surface area contributed by atoms with Crippen molar-refractivity contribution < 1.29 is 4.39 Å². The van der Waals surface area contributed by atoms with Crippen molar-refractivity contribution in [1.82, 2.24) is 0 Å². The maximum absolute atomic E-state index is 13.5. The number of thioether (sulfide) groups is 1. The molecule has 2 nitrogen and oxygen atoms in total. The van der Waals surface area contributed by atoms with Crippen LogP contribution in [0, 0.1) is 5.82 Å². The lowest BCUT2D eigenvalue weighted by Crippen LogP contribution is -2.41. The van der Waals surface area contributed by atoms with Gasteiger partial charge in [0.1, 0.15) is 5.82 Å². The van der Waals surface area contributed by atoms with E-state index in [1.807, 2.05) is 23.9 Å². The van der Waals surface area contributed by atoms with Gasteiger partial charge in [0.25, 0.3) is 0 Å². The van der Waals surface area contributed by atoms with Crippen LogP contribution in [-0.4, -0.2) is 30.6 Å². The molecule has 1 aliphatic rings. The van der Waals surface area contributed by atoms with Gasteiger partial charge in [0, 0.05) is 30.6 Å². The zero-order valence-corrected chi connectivity index (χ0v) is 9.34. The van der Waals surface area contributed by atoms with E-state index in [0.29, 0.717) is 17.5 Å². The van der Waals surface area contributed by atoms with Gasteiger partial charge in [-0.1, -0.05) is 12.1 Å². The smallest absolute Gasteiger partial charge is 0.146 e. The molecule has 0 amide bonds. The van der Waals surface area contributed by atoms with Gasteiger partial charge < -0.3 is 10.6 Å². The van der Waals surface area contributed by atoms with Crippen LogP contribution in [0.4, 0.5) is 10.1 Å². The van der Waals surface area contributed by atoms with Crippen molar-refractivity contribution in [1.29, 1.82) is 0 Å². The second-order valence-corrected chi connectivity index (χ2v) is 5.03. The molecule has 1 aliphatic heterocycles. The highest BCUT2D eigenvalue weighted by Crippen LogP contribution is 2.25. The topological polar surface area (TPSA) is 29.3 Å². The molecule has 1 fully saturated rings. The van der Waals surface area contributed by atoms with Crippen molar-refractivity contribution in [2.45, 2.75) is 5.25 Å². The molecule has 4 heteroatoms. The molecule has 82 valence electrons. The minimum absolute atomic E-state index is 0.139. The summed E-state index contributed by atoms with van der Waals surface area (Å²) < 4.78 is 13.5. The normalized spacial score (nSPS) is 21.7. The number of halogens is 1. The summed E-state index contributed by atoms with van der Waals surface area (Å²) >= 11 is 1.88. The van der Waals surface area contributed by atoms with E-state index in [1.165, 1.54) is 6.07 Å². The van der Waals surface area contributed by atoms with Crippen molar-refractivity contribution in [2.75, 3.05) is 30.3 Å². The Morgan fingerprint density at radius 3 is 3.00 bits per heavy atom. The largest absolute Gasteiger partial charge is 0.367 e. The number of para-hydroxylation sites is 1. The lowest BCUT2D eigenvalue weighted by atomic mass is 10.2. The number of nitrogens with zero attached hydrogens (tertiary/aromatic N) is 1. The van der Waals surface area contributed by atoms with Gasteiger partial charge in [0.15, 0.2) is 0 Å². The number of benzene rings is 1. The first-order valence-electron chi connectivity index (χ1n) is 5.12. The fourth-order valence-corrected chi connectivity index (χ4v) is 2.87. The average molecular weight is 226 g/mol. The van der Waals surface area contributed by atoms with E-state index in [-0.39, 0.29) is 5.82 Å². The Morgan fingerprint density at radius 1 is 1.47 bits per heavy atom. The van der Waals surface area contributed by atoms with Gasteiger partial charge in [0.05, 0.1) is 5.69 Å². The van der Waals surface area contributed by atoms with Crippen molar-refractivity contribution in [3.8, 4) is 0 Å². The monoisotopic (exact) mass is 226 g/mol. The SMILES string of the molecule is NCC1CN(c2ccccc2F)CCS1. The van der Waals surface area contributed by atoms with Crippen molar-refractivity contribution in [3.63, 3.8) is 0 Å². The predicted molar refractivity (Wildman–Crippen MR) is 63.9 cm³/mol. The molecule has 1 saturated heterocycles. The van der Waals surface area contributed by atoms with Crippen LogP contribution in [0.25, 0.3) is 0 Å². The Morgan fingerprint density at radius 2 is 2.27 bits per heavy atom. The van der Waals surface area contributed by atoms with Crippen LogP contribution in [0.3, 0.4) is 0 Å². The summed E-state index contributed by atoms with van der Waals surface area (Å²) in [6, 6.07) is 6.93.